The molecule has 1 heterocycles. The number of amides is 1. The topological polar surface area (TPSA) is 105 Å². The van der Waals surface area contributed by atoms with Crippen molar-refractivity contribution < 1.29 is 14.7 Å². The minimum absolute atomic E-state index is 0.0470. The first-order valence-electron chi connectivity index (χ1n) is 6.78. The number of pyridine rings is 1. The van der Waals surface area contributed by atoms with Crippen LogP contribution in [0.15, 0.2) is 18.3 Å². The number of carbonyl (C=O) groups is 2. The SMILES string of the molecule is NCC1(C(=O)Nc2ccc(C(=O)O)nc2)CCCCC1. The molecule has 0 atom stereocenters. The zero-order valence-corrected chi connectivity index (χ0v) is 11.3. The molecule has 1 amide bonds. The number of aromatic nitrogens is 1. The average molecular weight is 277 g/mol. The number of hydrogen-bond donors (Lipinski definition) is 3. The number of carbonyl (C=O) groups excluding carboxylic acids is 1. The van der Waals surface area contributed by atoms with Crippen molar-refractivity contribution >= 4 is 17.6 Å². The summed E-state index contributed by atoms with van der Waals surface area (Å²) in [5.74, 6) is -1.18. The third-order valence-corrected chi connectivity index (χ3v) is 3.92. The van der Waals surface area contributed by atoms with E-state index in [1.54, 1.807) is 6.07 Å². The quantitative estimate of drug-likeness (QED) is 0.775. The Morgan fingerprint density at radius 2 is 2.00 bits per heavy atom. The predicted octanol–water partition coefficient (Wildman–Crippen LogP) is 1.63. The summed E-state index contributed by atoms with van der Waals surface area (Å²) in [5, 5.41) is 11.6. The number of nitrogens with one attached hydrogen (secondary N) is 1. The number of carboxylic acids is 1. The summed E-state index contributed by atoms with van der Waals surface area (Å²) >= 11 is 0. The van der Waals surface area contributed by atoms with Gasteiger partial charge < -0.3 is 16.2 Å². The zero-order valence-electron chi connectivity index (χ0n) is 11.3. The Hall–Kier alpha value is -1.95. The van der Waals surface area contributed by atoms with Crippen LogP contribution in [-0.4, -0.2) is 28.5 Å². The van der Waals surface area contributed by atoms with E-state index in [1.165, 1.54) is 12.3 Å². The van der Waals surface area contributed by atoms with E-state index in [0.717, 1.165) is 32.1 Å². The highest BCUT2D eigenvalue weighted by Crippen LogP contribution is 2.36. The molecule has 1 aliphatic rings. The van der Waals surface area contributed by atoms with Crippen LogP contribution in [0, 0.1) is 5.41 Å². The second-order valence-electron chi connectivity index (χ2n) is 5.24. The number of rotatable bonds is 4. The lowest BCUT2D eigenvalue weighted by molar-refractivity contribution is -0.126. The molecule has 6 nitrogen and oxygen atoms in total. The maximum Gasteiger partial charge on any atom is 0.354 e. The number of aromatic carboxylic acids is 1. The summed E-state index contributed by atoms with van der Waals surface area (Å²) in [6.07, 6.45) is 6.13. The monoisotopic (exact) mass is 277 g/mol. The van der Waals surface area contributed by atoms with Crippen molar-refractivity contribution in [2.75, 3.05) is 11.9 Å². The molecule has 4 N–H and O–H groups in total. The molecule has 1 aromatic heterocycles. The van der Waals surface area contributed by atoms with Gasteiger partial charge in [-0.2, -0.15) is 0 Å². The molecular weight excluding hydrogens is 258 g/mol. The van der Waals surface area contributed by atoms with E-state index in [1.807, 2.05) is 0 Å². The van der Waals surface area contributed by atoms with Gasteiger partial charge in [-0.25, -0.2) is 9.78 Å². The van der Waals surface area contributed by atoms with Crippen LogP contribution in [0.25, 0.3) is 0 Å². The van der Waals surface area contributed by atoms with Gasteiger partial charge in [-0.05, 0) is 25.0 Å². The minimum atomic E-state index is -1.09. The number of anilines is 1. The van der Waals surface area contributed by atoms with Crippen LogP contribution in [0.3, 0.4) is 0 Å². The smallest absolute Gasteiger partial charge is 0.354 e. The highest BCUT2D eigenvalue weighted by molar-refractivity contribution is 5.95. The van der Waals surface area contributed by atoms with Crippen molar-refractivity contribution in [3.8, 4) is 0 Å². The molecule has 0 bridgehead atoms. The second-order valence-corrected chi connectivity index (χ2v) is 5.24. The maximum atomic E-state index is 12.4. The summed E-state index contributed by atoms with van der Waals surface area (Å²) in [5.41, 5.74) is 5.76. The van der Waals surface area contributed by atoms with Crippen molar-refractivity contribution in [3.05, 3.63) is 24.0 Å². The van der Waals surface area contributed by atoms with Crippen molar-refractivity contribution in [1.29, 1.82) is 0 Å². The van der Waals surface area contributed by atoms with Gasteiger partial charge in [0.05, 0.1) is 17.3 Å². The third-order valence-electron chi connectivity index (χ3n) is 3.92. The fourth-order valence-electron chi connectivity index (χ4n) is 2.61. The van der Waals surface area contributed by atoms with E-state index in [9.17, 15) is 9.59 Å². The third kappa shape index (κ3) is 2.96. The van der Waals surface area contributed by atoms with E-state index in [0.29, 0.717) is 12.2 Å². The number of nitrogens with zero attached hydrogens (tertiary/aromatic N) is 1. The Labute approximate surface area is 117 Å². The van der Waals surface area contributed by atoms with Crippen molar-refractivity contribution in [2.24, 2.45) is 11.1 Å². The summed E-state index contributed by atoms with van der Waals surface area (Å²) in [4.78, 5) is 26.9. The highest BCUT2D eigenvalue weighted by atomic mass is 16.4. The Bertz CT molecular complexity index is 493. The Morgan fingerprint density at radius 1 is 1.30 bits per heavy atom. The van der Waals surface area contributed by atoms with Gasteiger partial charge in [-0.1, -0.05) is 19.3 Å². The van der Waals surface area contributed by atoms with Crippen LogP contribution in [0.4, 0.5) is 5.69 Å². The van der Waals surface area contributed by atoms with Crippen LogP contribution in [-0.2, 0) is 4.79 Å². The minimum Gasteiger partial charge on any atom is -0.477 e. The number of nitrogens with two attached hydrogens (primary N) is 1. The molecular formula is C14H19N3O3. The molecule has 0 spiro atoms. The van der Waals surface area contributed by atoms with E-state index in [-0.39, 0.29) is 11.6 Å². The summed E-state index contributed by atoms with van der Waals surface area (Å²) < 4.78 is 0. The van der Waals surface area contributed by atoms with Crippen LogP contribution in [0.1, 0.15) is 42.6 Å². The van der Waals surface area contributed by atoms with Crippen LogP contribution < -0.4 is 11.1 Å². The summed E-state index contributed by atoms with van der Waals surface area (Å²) in [6, 6.07) is 2.91. The van der Waals surface area contributed by atoms with E-state index in [2.05, 4.69) is 10.3 Å². The van der Waals surface area contributed by atoms with Gasteiger partial charge in [0.2, 0.25) is 5.91 Å². The molecule has 0 unspecified atom stereocenters. The molecule has 6 heteroatoms. The van der Waals surface area contributed by atoms with E-state index < -0.39 is 11.4 Å². The Kier molecular flexibility index (Phi) is 4.34. The van der Waals surface area contributed by atoms with Gasteiger partial charge in [-0.15, -0.1) is 0 Å². The van der Waals surface area contributed by atoms with Gasteiger partial charge in [-0.3, -0.25) is 4.79 Å². The second kappa shape index (κ2) is 6.00. The molecule has 0 aliphatic heterocycles. The molecule has 0 aromatic carbocycles. The van der Waals surface area contributed by atoms with Crippen molar-refractivity contribution in [2.45, 2.75) is 32.1 Å². The lowest BCUT2D eigenvalue weighted by atomic mass is 9.73. The molecule has 0 radical (unpaired) electrons. The van der Waals surface area contributed by atoms with Crippen LogP contribution in [0.2, 0.25) is 0 Å². The summed E-state index contributed by atoms with van der Waals surface area (Å²) in [7, 11) is 0. The fourth-order valence-corrected chi connectivity index (χ4v) is 2.61. The van der Waals surface area contributed by atoms with Gasteiger partial charge in [0, 0.05) is 6.54 Å². The summed E-state index contributed by atoms with van der Waals surface area (Å²) in [6.45, 7) is 0.333. The van der Waals surface area contributed by atoms with Gasteiger partial charge in [0.25, 0.3) is 0 Å². The van der Waals surface area contributed by atoms with Gasteiger partial charge in [0.1, 0.15) is 5.69 Å². The number of hydrogen-bond acceptors (Lipinski definition) is 4. The molecule has 20 heavy (non-hydrogen) atoms. The lowest BCUT2D eigenvalue weighted by Crippen LogP contribution is -2.43. The van der Waals surface area contributed by atoms with Crippen LogP contribution in [0.5, 0.6) is 0 Å². The zero-order chi connectivity index (χ0) is 14.6. The molecule has 1 aromatic rings. The largest absolute Gasteiger partial charge is 0.477 e. The van der Waals surface area contributed by atoms with Crippen molar-refractivity contribution in [3.63, 3.8) is 0 Å². The Balaban J connectivity index is 2.08. The van der Waals surface area contributed by atoms with Crippen LogP contribution >= 0.6 is 0 Å². The molecule has 108 valence electrons. The Morgan fingerprint density at radius 3 is 2.50 bits per heavy atom. The fraction of sp³-hybridized carbons (Fsp3) is 0.500. The first-order valence-corrected chi connectivity index (χ1v) is 6.78. The van der Waals surface area contributed by atoms with Gasteiger partial charge >= 0.3 is 5.97 Å². The lowest BCUT2D eigenvalue weighted by Gasteiger charge is -2.34. The van der Waals surface area contributed by atoms with E-state index in [4.69, 9.17) is 10.8 Å². The van der Waals surface area contributed by atoms with Crippen molar-refractivity contribution in [1.82, 2.24) is 4.98 Å². The predicted molar refractivity (Wildman–Crippen MR) is 74.4 cm³/mol. The normalized spacial score (nSPS) is 17.4. The first-order chi connectivity index (χ1) is 9.57. The molecule has 0 saturated heterocycles. The average Bonchev–Trinajstić information content (AvgIpc) is 2.48. The van der Waals surface area contributed by atoms with Gasteiger partial charge in [0.15, 0.2) is 0 Å². The molecule has 1 fully saturated rings. The molecule has 1 aliphatic carbocycles. The maximum absolute atomic E-state index is 12.4. The first kappa shape index (κ1) is 14.5. The molecule has 1 saturated carbocycles. The van der Waals surface area contributed by atoms with E-state index >= 15 is 0 Å². The standard InChI is InChI=1S/C14H19N3O3/c15-9-14(6-2-1-3-7-14)13(20)17-10-4-5-11(12(18)19)16-8-10/h4-5,8H,1-3,6-7,9,15H2,(H,17,20)(H,18,19). The highest BCUT2D eigenvalue weighted by Gasteiger charge is 2.38. The molecule has 2 rings (SSSR count). The number of carboxylic acid groups (broad SMARTS) is 1.